The monoisotopic (exact) mass is 341 g/mol. The van der Waals surface area contributed by atoms with Crippen molar-refractivity contribution in [3.05, 3.63) is 24.3 Å². The zero-order chi connectivity index (χ0) is 16.5. The number of benzene rings is 1. The Morgan fingerprint density at radius 3 is 2.57 bits per heavy atom. The number of methoxy groups -OCH3 is 2. The number of hydrogen-bond donors (Lipinski definition) is 0. The molecule has 6 nitrogen and oxygen atoms in total. The van der Waals surface area contributed by atoms with E-state index >= 15 is 0 Å². The first-order valence-electron chi connectivity index (χ1n) is 7.83. The molecule has 128 valence electrons. The highest BCUT2D eigenvalue weighted by Gasteiger charge is 2.49. The zero-order valence-corrected chi connectivity index (χ0v) is 14.3. The minimum Gasteiger partial charge on any atom is -0.497 e. The lowest BCUT2D eigenvalue weighted by Crippen LogP contribution is -2.58. The molecule has 2 aliphatic heterocycles. The SMILES string of the molecule is COc1ccc(S(=O)(=O)N2CC[C@H](OC)[C@]3(CCCO3)C2)cc1. The molecule has 2 heterocycles. The second-order valence-electron chi connectivity index (χ2n) is 6.04. The number of hydrogen-bond acceptors (Lipinski definition) is 5. The number of nitrogens with zero attached hydrogens (tertiary/aromatic N) is 1. The van der Waals surface area contributed by atoms with Gasteiger partial charge in [-0.3, -0.25) is 0 Å². The summed E-state index contributed by atoms with van der Waals surface area (Å²) in [7, 11) is -0.316. The number of ether oxygens (including phenoxy) is 3. The van der Waals surface area contributed by atoms with Gasteiger partial charge in [-0.1, -0.05) is 0 Å². The Bertz CT molecular complexity index is 637. The molecule has 0 radical (unpaired) electrons. The van der Waals surface area contributed by atoms with Crippen molar-refractivity contribution >= 4 is 10.0 Å². The molecule has 2 aliphatic rings. The molecule has 1 aromatic rings. The van der Waals surface area contributed by atoms with Crippen LogP contribution in [-0.2, 0) is 19.5 Å². The Hall–Kier alpha value is -1.15. The van der Waals surface area contributed by atoms with E-state index in [-0.39, 0.29) is 11.0 Å². The molecule has 23 heavy (non-hydrogen) atoms. The smallest absolute Gasteiger partial charge is 0.243 e. The van der Waals surface area contributed by atoms with Gasteiger partial charge in [0.05, 0.1) is 18.1 Å². The summed E-state index contributed by atoms with van der Waals surface area (Å²) in [6, 6.07) is 6.49. The van der Waals surface area contributed by atoms with E-state index in [2.05, 4.69) is 0 Å². The highest BCUT2D eigenvalue weighted by atomic mass is 32.2. The van der Waals surface area contributed by atoms with Crippen LogP contribution in [0.15, 0.2) is 29.2 Å². The first-order valence-corrected chi connectivity index (χ1v) is 9.27. The van der Waals surface area contributed by atoms with E-state index in [9.17, 15) is 8.42 Å². The largest absolute Gasteiger partial charge is 0.497 e. The van der Waals surface area contributed by atoms with Gasteiger partial charge in [0.15, 0.2) is 0 Å². The molecule has 0 saturated carbocycles. The van der Waals surface area contributed by atoms with E-state index in [1.807, 2.05) is 0 Å². The van der Waals surface area contributed by atoms with Gasteiger partial charge in [0.2, 0.25) is 10.0 Å². The molecule has 2 fully saturated rings. The second kappa shape index (κ2) is 6.39. The summed E-state index contributed by atoms with van der Waals surface area (Å²) in [5.41, 5.74) is -0.507. The fourth-order valence-corrected chi connectivity index (χ4v) is 5.05. The van der Waals surface area contributed by atoms with E-state index in [1.54, 1.807) is 38.5 Å². The molecule has 3 rings (SSSR count). The second-order valence-corrected chi connectivity index (χ2v) is 7.98. The van der Waals surface area contributed by atoms with Crippen LogP contribution in [0.2, 0.25) is 0 Å². The van der Waals surface area contributed by atoms with Gasteiger partial charge < -0.3 is 14.2 Å². The van der Waals surface area contributed by atoms with Gasteiger partial charge in [-0.15, -0.1) is 0 Å². The summed E-state index contributed by atoms with van der Waals surface area (Å²) >= 11 is 0. The van der Waals surface area contributed by atoms with Crippen molar-refractivity contribution in [2.24, 2.45) is 0 Å². The van der Waals surface area contributed by atoms with Crippen LogP contribution >= 0.6 is 0 Å². The van der Waals surface area contributed by atoms with Crippen molar-refractivity contribution < 1.29 is 22.6 Å². The fraction of sp³-hybridized carbons (Fsp3) is 0.625. The maximum Gasteiger partial charge on any atom is 0.243 e. The summed E-state index contributed by atoms with van der Waals surface area (Å²) in [5, 5.41) is 0. The lowest BCUT2D eigenvalue weighted by atomic mass is 9.88. The molecule has 2 saturated heterocycles. The predicted octanol–water partition coefficient (Wildman–Crippen LogP) is 1.65. The van der Waals surface area contributed by atoms with Gasteiger partial charge in [0.25, 0.3) is 0 Å². The quantitative estimate of drug-likeness (QED) is 0.833. The number of piperidine rings is 1. The van der Waals surface area contributed by atoms with E-state index in [0.29, 0.717) is 31.9 Å². The molecule has 0 aromatic heterocycles. The van der Waals surface area contributed by atoms with Gasteiger partial charge >= 0.3 is 0 Å². The summed E-state index contributed by atoms with van der Waals surface area (Å²) in [4.78, 5) is 0.280. The first-order chi connectivity index (χ1) is 11.0. The van der Waals surface area contributed by atoms with Crippen molar-refractivity contribution in [1.82, 2.24) is 4.31 Å². The molecule has 0 unspecified atom stereocenters. The maximum absolute atomic E-state index is 12.9. The van der Waals surface area contributed by atoms with Gasteiger partial charge in [0.1, 0.15) is 11.4 Å². The molecule has 0 N–H and O–H groups in total. The normalized spacial score (nSPS) is 29.0. The molecule has 2 atom stereocenters. The van der Waals surface area contributed by atoms with Gasteiger partial charge in [0, 0.05) is 26.8 Å². The van der Waals surface area contributed by atoms with Crippen molar-refractivity contribution in [3.8, 4) is 5.75 Å². The fourth-order valence-electron chi connectivity index (χ4n) is 3.54. The van der Waals surface area contributed by atoms with Gasteiger partial charge in [-0.05, 0) is 43.5 Å². The molecule has 1 spiro atoms. The minimum absolute atomic E-state index is 0.0488. The average Bonchev–Trinajstić information content (AvgIpc) is 3.03. The van der Waals surface area contributed by atoms with E-state index in [1.165, 1.54) is 4.31 Å². The highest BCUT2D eigenvalue weighted by molar-refractivity contribution is 7.89. The summed E-state index contributed by atoms with van der Waals surface area (Å²) < 4.78 is 43.9. The Labute approximate surface area is 137 Å². The van der Waals surface area contributed by atoms with E-state index < -0.39 is 15.6 Å². The minimum atomic E-state index is -3.54. The van der Waals surface area contributed by atoms with Crippen LogP contribution in [0.3, 0.4) is 0 Å². The van der Waals surface area contributed by atoms with Crippen molar-refractivity contribution in [1.29, 1.82) is 0 Å². The standard InChI is InChI=1S/C16H23NO5S/c1-20-13-4-6-14(7-5-13)23(18,19)17-10-8-15(21-2)16(12-17)9-3-11-22-16/h4-7,15H,3,8-12H2,1-2H3/t15-,16-/m0/s1. The van der Waals surface area contributed by atoms with Crippen LogP contribution in [0, 0.1) is 0 Å². The zero-order valence-electron chi connectivity index (χ0n) is 13.5. The Kier molecular flexibility index (Phi) is 4.64. The predicted molar refractivity (Wildman–Crippen MR) is 85.1 cm³/mol. The van der Waals surface area contributed by atoms with Crippen LogP contribution in [0.4, 0.5) is 0 Å². The van der Waals surface area contributed by atoms with Crippen molar-refractivity contribution in [2.75, 3.05) is 33.9 Å². The van der Waals surface area contributed by atoms with Gasteiger partial charge in [-0.25, -0.2) is 8.42 Å². The van der Waals surface area contributed by atoms with Crippen LogP contribution in [-0.4, -0.2) is 58.3 Å². The van der Waals surface area contributed by atoms with Crippen molar-refractivity contribution in [3.63, 3.8) is 0 Å². The first kappa shape index (κ1) is 16.7. The highest BCUT2D eigenvalue weighted by Crippen LogP contribution is 2.38. The third-order valence-electron chi connectivity index (χ3n) is 4.79. The van der Waals surface area contributed by atoms with E-state index in [4.69, 9.17) is 14.2 Å². The van der Waals surface area contributed by atoms with Crippen molar-refractivity contribution in [2.45, 2.75) is 35.9 Å². The maximum atomic E-state index is 12.9. The van der Waals surface area contributed by atoms with Crippen LogP contribution < -0.4 is 4.74 Å². The van der Waals surface area contributed by atoms with Crippen LogP contribution in [0.25, 0.3) is 0 Å². The third kappa shape index (κ3) is 2.98. The molecule has 0 bridgehead atoms. The van der Waals surface area contributed by atoms with Crippen LogP contribution in [0.5, 0.6) is 5.75 Å². The molecule has 1 aromatic carbocycles. The lowest BCUT2D eigenvalue weighted by Gasteiger charge is -2.44. The number of rotatable bonds is 4. The summed E-state index contributed by atoms with van der Waals surface area (Å²) in [6.45, 7) is 1.45. The summed E-state index contributed by atoms with van der Waals surface area (Å²) in [5.74, 6) is 0.637. The lowest BCUT2D eigenvalue weighted by molar-refractivity contribution is -0.132. The average molecular weight is 341 g/mol. The Morgan fingerprint density at radius 1 is 1.26 bits per heavy atom. The Morgan fingerprint density at radius 2 is 2.00 bits per heavy atom. The van der Waals surface area contributed by atoms with Gasteiger partial charge in [-0.2, -0.15) is 4.31 Å². The summed E-state index contributed by atoms with van der Waals surface area (Å²) in [6.07, 6.45) is 2.37. The number of sulfonamides is 1. The molecule has 0 amide bonds. The molecular weight excluding hydrogens is 318 g/mol. The third-order valence-corrected chi connectivity index (χ3v) is 6.65. The van der Waals surface area contributed by atoms with E-state index in [0.717, 1.165) is 12.8 Å². The molecule has 7 heteroatoms. The molecule has 0 aliphatic carbocycles. The topological polar surface area (TPSA) is 65.1 Å². The van der Waals surface area contributed by atoms with Crippen LogP contribution in [0.1, 0.15) is 19.3 Å². The molecular formula is C16H23NO5S. The Balaban J connectivity index is 1.85.